The Kier molecular flexibility index (Phi) is 10.7. The van der Waals surface area contributed by atoms with E-state index in [2.05, 4.69) is 22.6 Å². The average Bonchev–Trinajstić information content (AvgIpc) is 2.84. The van der Waals surface area contributed by atoms with Crippen molar-refractivity contribution in [2.45, 2.75) is 53.2 Å². The molecule has 33 heavy (non-hydrogen) atoms. The fourth-order valence-electron chi connectivity index (χ4n) is 3.10. The summed E-state index contributed by atoms with van der Waals surface area (Å²) >= 11 is 0. The molecule has 0 aliphatic rings. The largest absolute Gasteiger partial charge is 0.481 e. The van der Waals surface area contributed by atoms with Gasteiger partial charge in [0.05, 0.1) is 0 Å². The van der Waals surface area contributed by atoms with Crippen molar-refractivity contribution < 1.29 is 14.7 Å². The molecule has 2 N–H and O–H groups in total. The highest BCUT2D eigenvalue weighted by atomic mass is 16.6. The van der Waals surface area contributed by atoms with Gasteiger partial charge in [-0.25, -0.2) is 0 Å². The summed E-state index contributed by atoms with van der Waals surface area (Å²) in [5, 5.41) is 16.6. The van der Waals surface area contributed by atoms with E-state index in [1.165, 1.54) is 0 Å². The second-order valence-electron chi connectivity index (χ2n) is 7.60. The molecule has 3 aromatic rings. The fraction of sp³-hybridized carbons (Fsp3) is 0.286. The molecule has 3 rings (SSSR count). The summed E-state index contributed by atoms with van der Waals surface area (Å²) in [4.78, 5) is 16.3. The van der Waals surface area contributed by atoms with Crippen molar-refractivity contribution in [1.29, 1.82) is 0 Å². The number of nitrogens with one attached hydrogen (secondary N) is 1. The van der Waals surface area contributed by atoms with Crippen molar-refractivity contribution in [3.63, 3.8) is 0 Å². The Balaban J connectivity index is 0.00000187. The summed E-state index contributed by atoms with van der Waals surface area (Å²) in [5.74, 6) is -0.778. The van der Waals surface area contributed by atoms with Gasteiger partial charge in [0.25, 0.3) is 0 Å². The summed E-state index contributed by atoms with van der Waals surface area (Å²) in [6, 6.07) is 26.2. The van der Waals surface area contributed by atoms with Crippen LogP contribution in [0.1, 0.15) is 56.4 Å². The Labute approximate surface area is 197 Å². The first-order valence-electron chi connectivity index (χ1n) is 11.4. The van der Waals surface area contributed by atoms with Crippen LogP contribution in [0.3, 0.4) is 0 Å². The van der Waals surface area contributed by atoms with E-state index in [4.69, 9.17) is 9.94 Å². The zero-order chi connectivity index (χ0) is 24.1. The molecule has 0 spiro atoms. The van der Waals surface area contributed by atoms with Gasteiger partial charge >= 0.3 is 5.97 Å². The summed E-state index contributed by atoms with van der Waals surface area (Å²) in [6.45, 7) is 8.58. The maximum Gasteiger partial charge on any atom is 0.303 e. The second kappa shape index (κ2) is 13.7. The molecule has 5 heteroatoms. The fourth-order valence-corrected chi connectivity index (χ4v) is 3.10. The molecule has 0 aliphatic carbocycles. The van der Waals surface area contributed by atoms with Crippen LogP contribution in [0.25, 0.3) is 0 Å². The van der Waals surface area contributed by atoms with Crippen LogP contribution in [-0.2, 0) is 22.6 Å². The predicted octanol–water partition coefficient (Wildman–Crippen LogP) is 6.52. The van der Waals surface area contributed by atoms with E-state index in [9.17, 15) is 4.79 Å². The minimum absolute atomic E-state index is 0.00188. The van der Waals surface area contributed by atoms with Crippen molar-refractivity contribution in [3.05, 3.63) is 101 Å². The molecule has 0 aliphatic heterocycles. The van der Waals surface area contributed by atoms with E-state index in [-0.39, 0.29) is 12.5 Å². The molecule has 0 amide bonds. The predicted molar refractivity (Wildman–Crippen MR) is 136 cm³/mol. The zero-order valence-electron chi connectivity index (χ0n) is 19.9. The van der Waals surface area contributed by atoms with E-state index in [0.29, 0.717) is 13.0 Å². The lowest BCUT2D eigenvalue weighted by Crippen LogP contribution is -2.08. The van der Waals surface area contributed by atoms with Gasteiger partial charge in [0.15, 0.2) is 0 Å². The number of hydrogen-bond acceptors (Lipinski definition) is 4. The average molecular weight is 447 g/mol. The lowest BCUT2D eigenvalue weighted by Gasteiger charge is -2.12. The Morgan fingerprint density at radius 3 is 2.21 bits per heavy atom. The summed E-state index contributed by atoms with van der Waals surface area (Å²) < 4.78 is 0. The van der Waals surface area contributed by atoms with Crippen molar-refractivity contribution in [3.8, 4) is 0 Å². The molecule has 5 nitrogen and oxygen atoms in total. The van der Waals surface area contributed by atoms with Gasteiger partial charge in [0.2, 0.25) is 0 Å². The first-order valence-corrected chi connectivity index (χ1v) is 11.4. The van der Waals surface area contributed by atoms with Gasteiger partial charge in [-0.2, -0.15) is 0 Å². The Morgan fingerprint density at radius 1 is 0.909 bits per heavy atom. The maximum absolute atomic E-state index is 10.7. The molecular weight excluding hydrogens is 412 g/mol. The van der Waals surface area contributed by atoms with Crippen molar-refractivity contribution in [2.75, 3.05) is 5.32 Å². The van der Waals surface area contributed by atoms with Crippen LogP contribution >= 0.6 is 0 Å². The number of oxime groups is 1. The number of aliphatic carboxylic acids is 1. The smallest absolute Gasteiger partial charge is 0.303 e. The number of rotatable bonds is 10. The number of hydrogen-bond donors (Lipinski definition) is 2. The molecular formula is C28H34N2O3. The van der Waals surface area contributed by atoms with Gasteiger partial charge in [0, 0.05) is 29.8 Å². The normalized spacial score (nSPS) is 10.9. The SMILES string of the molecule is CC.CC(C)O/N=C(/c1ccccc1)c1cccc(CNc2ccc(CCC(=O)O)cc2)c1. The molecule has 0 bridgehead atoms. The van der Waals surface area contributed by atoms with Crippen LogP contribution in [-0.4, -0.2) is 22.9 Å². The summed E-state index contributed by atoms with van der Waals surface area (Å²) in [5.41, 5.74) is 5.94. The molecule has 0 unspecified atom stereocenters. The third kappa shape index (κ3) is 8.81. The van der Waals surface area contributed by atoms with Gasteiger partial charge in [0.1, 0.15) is 11.8 Å². The van der Waals surface area contributed by atoms with Crippen LogP contribution in [0.2, 0.25) is 0 Å². The molecule has 0 saturated heterocycles. The second-order valence-corrected chi connectivity index (χ2v) is 7.60. The van der Waals surface area contributed by atoms with Gasteiger partial charge in [-0.05, 0) is 49.6 Å². The lowest BCUT2D eigenvalue weighted by molar-refractivity contribution is -0.136. The van der Waals surface area contributed by atoms with E-state index >= 15 is 0 Å². The van der Waals surface area contributed by atoms with Crippen LogP contribution in [0.4, 0.5) is 5.69 Å². The standard InChI is InChI=1S/C26H28N2O3.C2H6/c1-19(2)31-28-26(22-8-4-3-5-9-22)23-10-6-7-21(17-23)18-27-24-14-11-20(12-15-24)13-16-25(29)30;1-2/h3-12,14-15,17,19,27H,13,16,18H2,1-2H3,(H,29,30);1-2H3/b28-26-;. The van der Waals surface area contributed by atoms with Gasteiger partial charge in [-0.1, -0.05) is 79.7 Å². The molecule has 3 aromatic carbocycles. The molecule has 0 radical (unpaired) electrons. The number of anilines is 1. The molecule has 0 atom stereocenters. The monoisotopic (exact) mass is 446 g/mol. The van der Waals surface area contributed by atoms with E-state index in [1.54, 1.807) is 0 Å². The van der Waals surface area contributed by atoms with Gasteiger partial charge in [-0.15, -0.1) is 0 Å². The van der Waals surface area contributed by atoms with Crippen molar-refractivity contribution >= 4 is 17.4 Å². The summed E-state index contributed by atoms with van der Waals surface area (Å²) in [7, 11) is 0. The minimum Gasteiger partial charge on any atom is -0.481 e. The molecule has 174 valence electrons. The summed E-state index contributed by atoms with van der Waals surface area (Å²) in [6.07, 6.45) is 0.686. The Bertz CT molecular complexity index is 1010. The molecule has 0 heterocycles. The number of carboxylic acids is 1. The number of nitrogens with zero attached hydrogens (tertiary/aromatic N) is 1. The van der Waals surface area contributed by atoms with E-state index in [0.717, 1.165) is 33.7 Å². The van der Waals surface area contributed by atoms with Crippen LogP contribution in [0.15, 0.2) is 84.0 Å². The van der Waals surface area contributed by atoms with Crippen LogP contribution in [0, 0.1) is 0 Å². The van der Waals surface area contributed by atoms with E-state index < -0.39 is 5.97 Å². The molecule has 0 aromatic heterocycles. The lowest BCUT2D eigenvalue weighted by atomic mass is 10.0. The van der Waals surface area contributed by atoms with Gasteiger partial charge < -0.3 is 15.3 Å². The maximum atomic E-state index is 10.7. The minimum atomic E-state index is -0.778. The first-order chi connectivity index (χ1) is 16.0. The number of aryl methyl sites for hydroxylation is 1. The quantitative estimate of drug-likeness (QED) is 0.275. The first kappa shape index (κ1) is 25.7. The highest BCUT2D eigenvalue weighted by Gasteiger charge is 2.09. The van der Waals surface area contributed by atoms with Crippen LogP contribution in [0.5, 0.6) is 0 Å². The third-order valence-electron chi connectivity index (χ3n) is 4.68. The number of carboxylic acid groups (broad SMARTS) is 1. The third-order valence-corrected chi connectivity index (χ3v) is 4.68. The zero-order valence-corrected chi connectivity index (χ0v) is 19.9. The molecule has 0 fully saturated rings. The number of carbonyl (C=O) groups is 1. The Hall–Kier alpha value is -3.60. The topological polar surface area (TPSA) is 70.9 Å². The van der Waals surface area contributed by atoms with Crippen molar-refractivity contribution in [1.82, 2.24) is 0 Å². The Morgan fingerprint density at radius 2 is 1.58 bits per heavy atom. The molecule has 0 saturated carbocycles. The number of benzene rings is 3. The highest BCUT2D eigenvalue weighted by Crippen LogP contribution is 2.16. The van der Waals surface area contributed by atoms with Gasteiger partial charge in [-0.3, -0.25) is 4.79 Å². The van der Waals surface area contributed by atoms with Crippen molar-refractivity contribution in [2.24, 2.45) is 5.16 Å². The highest BCUT2D eigenvalue weighted by molar-refractivity contribution is 6.12. The van der Waals surface area contributed by atoms with Crippen LogP contribution < -0.4 is 5.32 Å². The van der Waals surface area contributed by atoms with E-state index in [1.807, 2.05) is 94.4 Å².